The molecule has 0 aromatic carbocycles. The van der Waals surface area contributed by atoms with Crippen LogP contribution in [0.3, 0.4) is 0 Å². The van der Waals surface area contributed by atoms with Crippen molar-refractivity contribution in [2.45, 2.75) is 18.9 Å². The zero-order valence-electron chi connectivity index (χ0n) is 5.91. The summed E-state index contributed by atoms with van der Waals surface area (Å²) in [5, 5.41) is 17.2. The van der Waals surface area contributed by atoms with Gasteiger partial charge < -0.3 is 14.9 Å². The monoisotopic (exact) mass is 148 g/mol. The van der Waals surface area contributed by atoms with Crippen LogP contribution in [0.15, 0.2) is 0 Å². The lowest BCUT2D eigenvalue weighted by molar-refractivity contribution is -0.142. The molecule has 10 heavy (non-hydrogen) atoms. The van der Waals surface area contributed by atoms with E-state index in [-0.39, 0.29) is 19.4 Å². The van der Waals surface area contributed by atoms with Crippen LogP contribution < -0.4 is 0 Å². The Labute approximate surface area is 59.4 Å². The molecule has 4 heteroatoms. The lowest BCUT2D eigenvalue weighted by atomic mass is 10.2. The minimum Gasteiger partial charge on any atom is -0.469 e. The number of hydrogen-bond acceptors (Lipinski definition) is 4. The largest absolute Gasteiger partial charge is 0.469 e. The minimum atomic E-state index is -0.780. The number of carbonyl (C=O) groups is 1. The van der Waals surface area contributed by atoms with Crippen LogP contribution >= 0.6 is 0 Å². The zero-order chi connectivity index (χ0) is 7.98. The van der Waals surface area contributed by atoms with Crippen molar-refractivity contribution in [1.29, 1.82) is 0 Å². The molecule has 0 aliphatic heterocycles. The first kappa shape index (κ1) is 9.39. The molecule has 0 aliphatic rings. The number of aliphatic hydroxyl groups is 2. The van der Waals surface area contributed by atoms with Crippen LogP contribution in [0.4, 0.5) is 0 Å². The molecule has 0 spiro atoms. The summed E-state index contributed by atoms with van der Waals surface area (Å²) in [7, 11) is 1.26. The van der Waals surface area contributed by atoms with Crippen molar-refractivity contribution >= 4 is 5.97 Å². The summed E-state index contributed by atoms with van der Waals surface area (Å²) in [6, 6.07) is 0. The van der Waals surface area contributed by atoms with E-state index in [0.717, 1.165) is 0 Å². The molecule has 0 radical (unpaired) electrons. The first-order chi connectivity index (χ1) is 4.70. The van der Waals surface area contributed by atoms with Gasteiger partial charge in [0.15, 0.2) is 0 Å². The van der Waals surface area contributed by atoms with Crippen molar-refractivity contribution in [2.75, 3.05) is 13.7 Å². The maximum absolute atomic E-state index is 10.4. The average Bonchev–Trinajstić information content (AvgIpc) is 1.88. The number of ether oxygens (including phenoxy) is 1. The fourth-order valence-electron chi connectivity index (χ4n) is 0.527. The van der Waals surface area contributed by atoms with E-state index in [0.29, 0.717) is 0 Å². The van der Waals surface area contributed by atoms with E-state index in [4.69, 9.17) is 10.2 Å². The van der Waals surface area contributed by atoms with E-state index < -0.39 is 12.1 Å². The molecule has 2 N–H and O–H groups in total. The minimum absolute atomic E-state index is 0.0446. The fourth-order valence-corrected chi connectivity index (χ4v) is 0.527. The van der Waals surface area contributed by atoms with Gasteiger partial charge in [0.05, 0.1) is 19.6 Å². The van der Waals surface area contributed by atoms with Gasteiger partial charge in [-0.05, 0) is 6.42 Å². The lowest BCUT2D eigenvalue weighted by Crippen LogP contribution is -2.15. The smallest absolute Gasteiger partial charge is 0.308 e. The third-order valence-corrected chi connectivity index (χ3v) is 1.09. The van der Waals surface area contributed by atoms with E-state index in [2.05, 4.69) is 4.74 Å². The van der Waals surface area contributed by atoms with Gasteiger partial charge in [-0.15, -0.1) is 0 Å². The normalized spacial score (nSPS) is 12.7. The first-order valence-electron chi connectivity index (χ1n) is 3.06. The Kier molecular flexibility index (Phi) is 4.88. The van der Waals surface area contributed by atoms with Gasteiger partial charge in [0, 0.05) is 6.61 Å². The number of methoxy groups -OCH3 is 1. The highest BCUT2D eigenvalue weighted by molar-refractivity contribution is 5.69. The summed E-state index contributed by atoms with van der Waals surface area (Å²) in [6.07, 6.45) is -0.607. The zero-order valence-corrected chi connectivity index (χ0v) is 5.91. The number of hydrogen-bond donors (Lipinski definition) is 2. The molecule has 0 bridgehead atoms. The molecular weight excluding hydrogens is 136 g/mol. The molecule has 0 saturated heterocycles. The van der Waals surface area contributed by atoms with Crippen LogP contribution in [-0.2, 0) is 9.53 Å². The predicted octanol–water partition coefficient (Wildman–Crippen LogP) is -0.707. The number of carbonyl (C=O) groups excluding carboxylic acids is 1. The fraction of sp³-hybridized carbons (Fsp3) is 0.833. The van der Waals surface area contributed by atoms with Crippen molar-refractivity contribution in [2.24, 2.45) is 0 Å². The highest BCUT2D eigenvalue weighted by atomic mass is 16.5. The molecule has 4 nitrogen and oxygen atoms in total. The van der Waals surface area contributed by atoms with Gasteiger partial charge in [-0.25, -0.2) is 0 Å². The van der Waals surface area contributed by atoms with Crippen molar-refractivity contribution in [3.63, 3.8) is 0 Å². The van der Waals surface area contributed by atoms with E-state index in [1.165, 1.54) is 7.11 Å². The molecule has 0 fully saturated rings. The van der Waals surface area contributed by atoms with Gasteiger partial charge in [-0.2, -0.15) is 0 Å². The Bertz CT molecular complexity index is 102. The molecule has 0 aromatic rings. The van der Waals surface area contributed by atoms with Crippen molar-refractivity contribution in [3.05, 3.63) is 0 Å². The molecule has 0 aliphatic carbocycles. The second-order valence-corrected chi connectivity index (χ2v) is 1.95. The standard InChI is InChI=1S/C6H12O4/c1-10-6(9)4-5(8)2-3-7/h5,7-8H,2-4H2,1H3. The Morgan fingerprint density at radius 1 is 1.70 bits per heavy atom. The second kappa shape index (κ2) is 5.20. The molecular formula is C6H12O4. The Balaban J connectivity index is 3.37. The van der Waals surface area contributed by atoms with Gasteiger partial charge in [-0.1, -0.05) is 0 Å². The average molecular weight is 148 g/mol. The number of aliphatic hydroxyl groups excluding tert-OH is 2. The third kappa shape index (κ3) is 4.29. The molecule has 0 rings (SSSR count). The van der Waals surface area contributed by atoms with E-state index in [9.17, 15) is 4.79 Å². The van der Waals surface area contributed by atoms with Crippen LogP contribution in [0.25, 0.3) is 0 Å². The van der Waals surface area contributed by atoms with Crippen LogP contribution in [0, 0.1) is 0 Å². The second-order valence-electron chi connectivity index (χ2n) is 1.95. The Hall–Kier alpha value is -0.610. The topological polar surface area (TPSA) is 66.8 Å². The summed E-state index contributed by atoms with van der Waals surface area (Å²) in [5.74, 6) is -0.457. The molecule has 0 saturated carbocycles. The van der Waals surface area contributed by atoms with Gasteiger partial charge in [0.2, 0.25) is 0 Å². The van der Waals surface area contributed by atoms with E-state index in [1.807, 2.05) is 0 Å². The molecule has 1 unspecified atom stereocenters. The predicted molar refractivity (Wildman–Crippen MR) is 34.3 cm³/mol. The molecule has 1 atom stereocenters. The van der Waals surface area contributed by atoms with Gasteiger partial charge in [0.1, 0.15) is 0 Å². The summed E-state index contributed by atoms with van der Waals surface area (Å²) >= 11 is 0. The quantitative estimate of drug-likeness (QED) is 0.517. The molecule has 0 amide bonds. The van der Waals surface area contributed by atoms with Gasteiger partial charge >= 0.3 is 5.97 Å². The number of rotatable bonds is 4. The Morgan fingerprint density at radius 3 is 2.70 bits per heavy atom. The summed E-state index contributed by atoms with van der Waals surface area (Å²) in [6.45, 7) is -0.113. The SMILES string of the molecule is COC(=O)CC(O)CCO. The van der Waals surface area contributed by atoms with Crippen LogP contribution in [0.5, 0.6) is 0 Å². The maximum atomic E-state index is 10.4. The maximum Gasteiger partial charge on any atom is 0.308 e. The highest BCUT2D eigenvalue weighted by Gasteiger charge is 2.09. The van der Waals surface area contributed by atoms with Gasteiger partial charge in [-0.3, -0.25) is 4.79 Å². The molecule has 0 heterocycles. The van der Waals surface area contributed by atoms with Crippen molar-refractivity contribution in [3.8, 4) is 0 Å². The van der Waals surface area contributed by atoms with Crippen LogP contribution in [0.1, 0.15) is 12.8 Å². The lowest BCUT2D eigenvalue weighted by Gasteiger charge is -2.05. The third-order valence-electron chi connectivity index (χ3n) is 1.09. The Morgan fingerprint density at radius 2 is 2.30 bits per heavy atom. The van der Waals surface area contributed by atoms with Crippen molar-refractivity contribution < 1.29 is 19.7 Å². The van der Waals surface area contributed by atoms with Crippen LogP contribution in [-0.4, -0.2) is 36.0 Å². The summed E-state index contributed by atoms with van der Waals surface area (Å²) < 4.78 is 4.29. The summed E-state index contributed by atoms with van der Waals surface area (Å²) in [5.41, 5.74) is 0. The first-order valence-corrected chi connectivity index (χ1v) is 3.06. The van der Waals surface area contributed by atoms with Crippen molar-refractivity contribution in [1.82, 2.24) is 0 Å². The van der Waals surface area contributed by atoms with Crippen LogP contribution in [0.2, 0.25) is 0 Å². The summed E-state index contributed by atoms with van der Waals surface area (Å²) in [4.78, 5) is 10.4. The van der Waals surface area contributed by atoms with Gasteiger partial charge in [0.25, 0.3) is 0 Å². The highest BCUT2D eigenvalue weighted by Crippen LogP contribution is 1.97. The number of esters is 1. The molecule has 0 aromatic heterocycles. The van der Waals surface area contributed by atoms with E-state index in [1.54, 1.807) is 0 Å². The van der Waals surface area contributed by atoms with E-state index >= 15 is 0 Å². The molecule has 60 valence electrons.